The Kier molecular flexibility index (Phi) is 3.32. The molecule has 25 heavy (non-hydrogen) atoms. The van der Waals surface area contributed by atoms with Crippen LogP contribution in [0.3, 0.4) is 0 Å². The van der Waals surface area contributed by atoms with Gasteiger partial charge in [-0.25, -0.2) is 9.78 Å². The molecule has 2 heterocycles. The minimum absolute atomic E-state index is 0.194. The van der Waals surface area contributed by atoms with Gasteiger partial charge in [-0.1, -0.05) is 12.1 Å². The number of Topliss-reactive ketones (excluding diaryl/α,β-unsaturated/α-hetero) is 1. The van der Waals surface area contributed by atoms with Crippen LogP contribution in [0.25, 0.3) is 17.1 Å². The molecule has 2 aliphatic rings. The summed E-state index contributed by atoms with van der Waals surface area (Å²) in [6.45, 7) is 4.03. The van der Waals surface area contributed by atoms with Gasteiger partial charge in [0.05, 0.1) is 11.3 Å². The largest absolute Gasteiger partial charge is 0.478 e. The second-order valence-corrected chi connectivity index (χ2v) is 7.26. The van der Waals surface area contributed by atoms with Gasteiger partial charge in [-0.2, -0.15) is 0 Å². The molecular weight excluding hydrogens is 318 g/mol. The molecule has 0 unspecified atom stereocenters. The molecular formula is C19H19N3O3. The molecule has 4 rings (SSSR count). The summed E-state index contributed by atoms with van der Waals surface area (Å²) in [5.74, 6) is -0.0692. The Morgan fingerprint density at radius 3 is 2.60 bits per heavy atom. The minimum atomic E-state index is -0.952. The number of carbonyl (C=O) groups excluding carboxylic acids is 1. The zero-order valence-corrected chi connectivity index (χ0v) is 14.1. The van der Waals surface area contributed by atoms with Crippen LogP contribution in [0.15, 0.2) is 29.8 Å². The van der Waals surface area contributed by atoms with Crippen LogP contribution >= 0.6 is 0 Å². The van der Waals surface area contributed by atoms with Crippen LogP contribution in [0.4, 0.5) is 0 Å². The van der Waals surface area contributed by atoms with E-state index in [0.29, 0.717) is 18.7 Å². The number of fused-ring (bicyclic) bond motifs is 2. The van der Waals surface area contributed by atoms with Gasteiger partial charge in [0.2, 0.25) is 0 Å². The fraction of sp³-hybridized carbons (Fsp3) is 0.316. The number of imidazole rings is 1. The second-order valence-electron chi connectivity index (χ2n) is 7.26. The van der Waals surface area contributed by atoms with Crippen molar-refractivity contribution in [3.8, 4) is 11.4 Å². The first kappa shape index (κ1) is 15.6. The number of nitrogens with one attached hydrogen (secondary N) is 2. The van der Waals surface area contributed by atoms with Gasteiger partial charge in [-0.05, 0) is 38.8 Å². The zero-order chi connectivity index (χ0) is 17.8. The van der Waals surface area contributed by atoms with E-state index in [2.05, 4.69) is 10.3 Å². The highest BCUT2D eigenvalue weighted by atomic mass is 16.4. The Bertz CT molecular complexity index is 920. The standard InChI is InChI=1S/C19H19N3O3/c1-19(2)9-14(23)12-7-8-13-16(15(12)22-19)21-17(20-13)10-3-5-11(6-4-10)18(24)25/h3-6,22H,7-9H2,1-2H3,(H,20,21)(H,24,25). The van der Waals surface area contributed by atoms with Crippen molar-refractivity contribution in [2.24, 2.45) is 0 Å². The number of aryl methyl sites for hydroxylation is 1. The molecule has 6 heteroatoms. The van der Waals surface area contributed by atoms with E-state index in [0.717, 1.165) is 34.6 Å². The van der Waals surface area contributed by atoms with Gasteiger partial charge in [-0.3, -0.25) is 4.79 Å². The van der Waals surface area contributed by atoms with Crippen LogP contribution in [-0.2, 0) is 11.2 Å². The smallest absolute Gasteiger partial charge is 0.335 e. The van der Waals surface area contributed by atoms with E-state index in [1.54, 1.807) is 24.3 Å². The van der Waals surface area contributed by atoms with Crippen LogP contribution in [0.1, 0.15) is 48.4 Å². The Hall–Kier alpha value is -2.89. The van der Waals surface area contributed by atoms with Crippen molar-refractivity contribution < 1.29 is 14.7 Å². The summed E-state index contributed by atoms with van der Waals surface area (Å²) in [5, 5.41) is 12.5. The Labute approximate surface area is 145 Å². The molecule has 2 aromatic rings. The number of aromatic amines is 1. The van der Waals surface area contributed by atoms with Gasteiger partial charge in [-0.15, -0.1) is 0 Å². The van der Waals surface area contributed by atoms with Crippen LogP contribution in [0.2, 0.25) is 0 Å². The topological polar surface area (TPSA) is 95.1 Å². The molecule has 0 saturated carbocycles. The molecule has 128 valence electrons. The normalized spacial score (nSPS) is 18.4. The average Bonchev–Trinajstić information content (AvgIpc) is 2.98. The van der Waals surface area contributed by atoms with Crippen molar-refractivity contribution in [1.29, 1.82) is 0 Å². The second kappa shape index (κ2) is 5.31. The van der Waals surface area contributed by atoms with Gasteiger partial charge in [0.25, 0.3) is 0 Å². The Morgan fingerprint density at radius 1 is 1.20 bits per heavy atom. The van der Waals surface area contributed by atoms with E-state index in [9.17, 15) is 9.59 Å². The van der Waals surface area contributed by atoms with Gasteiger partial charge >= 0.3 is 5.97 Å². The monoisotopic (exact) mass is 337 g/mol. The van der Waals surface area contributed by atoms with Crippen molar-refractivity contribution >= 4 is 17.4 Å². The van der Waals surface area contributed by atoms with E-state index in [4.69, 9.17) is 10.1 Å². The lowest BCUT2D eigenvalue weighted by Crippen LogP contribution is -2.45. The lowest BCUT2D eigenvalue weighted by Gasteiger charge is -2.36. The maximum Gasteiger partial charge on any atom is 0.335 e. The first-order chi connectivity index (χ1) is 11.8. The number of rotatable bonds is 2. The highest BCUT2D eigenvalue weighted by Crippen LogP contribution is 2.36. The fourth-order valence-electron chi connectivity index (χ4n) is 3.53. The number of allylic oxidation sites excluding steroid dienone is 1. The summed E-state index contributed by atoms with van der Waals surface area (Å²) in [7, 11) is 0. The molecule has 0 atom stereocenters. The first-order valence-electron chi connectivity index (χ1n) is 8.31. The maximum atomic E-state index is 12.4. The highest BCUT2D eigenvalue weighted by Gasteiger charge is 2.36. The number of benzene rings is 1. The van der Waals surface area contributed by atoms with E-state index >= 15 is 0 Å². The van der Waals surface area contributed by atoms with Crippen molar-refractivity contribution in [2.45, 2.75) is 38.6 Å². The summed E-state index contributed by atoms with van der Waals surface area (Å²) < 4.78 is 0. The lowest BCUT2D eigenvalue weighted by atomic mass is 9.83. The third-order valence-corrected chi connectivity index (χ3v) is 4.75. The van der Waals surface area contributed by atoms with Crippen LogP contribution in [0.5, 0.6) is 0 Å². The van der Waals surface area contributed by atoms with Crippen molar-refractivity contribution in [3.05, 3.63) is 46.8 Å². The molecule has 0 amide bonds. The average molecular weight is 337 g/mol. The van der Waals surface area contributed by atoms with Crippen molar-refractivity contribution in [1.82, 2.24) is 15.3 Å². The Morgan fingerprint density at radius 2 is 1.92 bits per heavy atom. The van der Waals surface area contributed by atoms with Gasteiger partial charge in [0.15, 0.2) is 5.78 Å². The number of hydrogen-bond acceptors (Lipinski definition) is 4. The number of aromatic nitrogens is 2. The van der Waals surface area contributed by atoms with E-state index < -0.39 is 5.97 Å². The quantitative estimate of drug-likeness (QED) is 0.783. The Balaban J connectivity index is 1.75. The molecule has 0 bridgehead atoms. The highest BCUT2D eigenvalue weighted by molar-refractivity contribution is 6.05. The maximum absolute atomic E-state index is 12.4. The van der Waals surface area contributed by atoms with Crippen molar-refractivity contribution in [3.63, 3.8) is 0 Å². The van der Waals surface area contributed by atoms with E-state index in [1.807, 2.05) is 13.8 Å². The van der Waals surface area contributed by atoms with Crippen LogP contribution in [0, 0.1) is 0 Å². The summed E-state index contributed by atoms with van der Waals surface area (Å²) in [6.07, 6.45) is 1.96. The molecule has 0 fully saturated rings. The SMILES string of the molecule is CC1(C)CC(=O)C2=C(N1)c1nc(-c3ccc(C(=O)O)cc3)[nH]c1CC2. The molecule has 0 saturated heterocycles. The molecule has 1 aliphatic heterocycles. The zero-order valence-electron chi connectivity index (χ0n) is 14.1. The number of nitrogens with zero attached hydrogens (tertiary/aromatic N) is 1. The number of carboxylic acids is 1. The van der Waals surface area contributed by atoms with E-state index in [-0.39, 0.29) is 16.9 Å². The number of carbonyl (C=O) groups is 2. The predicted octanol–water partition coefficient (Wildman–Crippen LogP) is 2.77. The molecule has 0 radical (unpaired) electrons. The van der Waals surface area contributed by atoms with Gasteiger partial charge < -0.3 is 15.4 Å². The first-order valence-corrected chi connectivity index (χ1v) is 8.31. The van der Waals surface area contributed by atoms with Crippen LogP contribution < -0.4 is 5.32 Å². The lowest BCUT2D eigenvalue weighted by molar-refractivity contribution is -0.117. The molecule has 0 spiro atoms. The number of ketones is 1. The summed E-state index contributed by atoms with van der Waals surface area (Å²) in [4.78, 5) is 31.5. The van der Waals surface area contributed by atoms with Crippen LogP contribution in [-0.4, -0.2) is 32.4 Å². The predicted molar refractivity (Wildman–Crippen MR) is 93.1 cm³/mol. The number of aromatic carboxylic acids is 1. The number of H-pyrrole nitrogens is 1. The summed E-state index contributed by atoms with van der Waals surface area (Å²) in [5.41, 5.74) is 4.27. The van der Waals surface area contributed by atoms with Gasteiger partial charge in [0, 0.05) is 28.8 Å². The summed E-state index contributed by atoms with van der Waals surface area (Å²) in [6, 6.07) is 6.61. The molecule has 6 nitrogen and oxygen atoms in total. The summed E-state index contributed by atoms with van der Waals surface area (Å²) >= 11 is 0. The number of hydrogen-bond donors (Lipinski definition) is 3. The minimum Gasteiger partial charge on any atom is -0.478 e. The molecule has 1 aromatic heterocycles. The van der Waals surface area contributed by atoms with Gasteiger partial charge in [0.1, 0.15) is 11.5 Å². The molecule has 1 aliphatic carbocycles. The molecule has 1 aromatic carbocycles. The fourth-order valence-corrected chi connectivity index (χ4v) is 3.53. The number of carboxylic acid groups (broad SMARTS) is 1. The van der Waals surface area contributed by atoms with Crippen molar-refractivity contribution in [2.75, 3.05) is 0 Å². The third-order valence-electron chi connectivity index (χ3n) is 4.75. The molecule has 3 N–H and O–H groups in total. The van der Waals surface area contributed by atoms with E-state index in [1.165, 1.54) is 0 Å². The third kappa shape index (κ3) is 2.63.